The number of aliphatic hydroxyl groups excluding tert-OH is 1. The highest BCUT2D eigenvalue weighted by Gasteiger charge is 1.97. The van der Waals surface area contributed by atoms with E-state index in [1.807, 2.05) is 13.1 Å². The number of aryl methyl sites for hydroxylation is 1. The van der Waals surface area contributed by atoms with E-state index in [2.05, 4.69) is 10.2 Å². The maximum absolute atomic E-state index is 8.51. The maximum Gasteiger partial charge on any atom is 0.0674 e. The first-order valence-corrected chi connectivity index (χ1v) is 2.94. The molecule has 2 N–H and O–H groups in total. The smallest absolute Gasteiger partial charge is 0.0674 e. The Morgan fingerprint density at radius 3 is 3.00 bits per heavy atom. The maximum atomic E-state index is 8.51. The second kappa shape index (κ2) is 2.64. The van der Waals surface area contributed by atoms with Crippen LogP contribution >= 0.6 is 0 Å². The molecule has 1 rings (SSSR count). The van der Waals surface area contributed by atoms with Gasteiger partial charge >= 0.3 is 0 Å². The fourth-order valence-corrected chi connectivity index (χ4v) is 0.737. The lowest BCUT2D eigenvalue weighted by Crippen LogP contribution is -1.92. The molecule has 0 amide bonds. The predicted molar refractivity (Wildman–Crippen MR) is 34.1 cm³/mol. The fraction of sp³-hybridized carbons (Fsp3) is 0.500. The third kappa shape index (κ3) is 1.29. The summed E-state index contributed by atoms with van der Waals surface area (Å²) in [6, 6.07) is 0. The zero-order valence-electron chi connectivity index (χ0n) is 5.39. The summed E-state index contributed by atoms with van der Waals surface area (Å²) in [6.07, 6.45) is 2.47. The number of H-pyrrole nitrogens is 1. The Morgan fingerprint density at radius 2 is 2.56 bits per heavy atom. The van der Waals surface area contributed by atoms with Gasteiger partial charge in [-0.3, -0.25) is 5.10 Å². The van der Waals surface area contributed by atoms with Crippen LogP contribution in [0.15, 0.2) is 6.20 Å². The molecule has 0 aromatic carbocycles. The summed E-state index contributed by atoms with van der Waals surface area (Å²) in [4.78, 5) is 0. The van der Waals surface area contributed by atoms with Crippen LogP contribution in [0.1, 0.15) is 11.3 Å². The van der Waals surface area contributed by atoms with Crippen LogP contribution < -0.4 is 0 Å². The van der Waals surface area contributed by atoms with Crippen LogP contribution in [0.4, 0.5) is 0 Å². The van der Waals surface area contributed by atoms with Gasteiger partial charge in [-0.15, -0.1) is 0 Å². The molecule has 1 aromatic rings. The Hall–Kier alpha value is -0.830. The quantitative estimate of drug-likeness (QED) is 0.597. The molecule has 3 nitrogen and oxygen atoms in total. The predicted octanol–water partition coefficient (Wildman–Crippen LogP) is 0.253. The van der Waals surface area contributed by atoms with Gasteiger partial charge in [-0.05, 0) is 12.5 Å². The van der Waals surface area contributed by atoms with Gasteiger partial charge in [0.25, 0.3) is 0 Å². The molecule has 0 aliphatic carbocycles. The summed E-state index contributed by atoms with van der Waals surface area (Å²) in [6.45, 7) is 2.14. The van der Waals surface area contributed by atoms with E-state index in [4.69, 9.17) is 5.11 Å². The van der Waals surface area contributed by atoms with E-state index in [1.165, 1.54) is 0 Å². The van der Waals surface area contributed by atoms with Gasteiger partial charge in [0, 0.05) is 19.2 Å². The van der Waals surface area contributed by atoms with Crippen molar-refractivity contribution < 1.29 is 5.11 Å². The van der Waals surface area contributed by atoms with Gasteiger partial charge in [-0.2, -0.15) is 5.10 Å². The number of nitrogens with zero attached hydrogens (tertiary/aromatic N) is 1. The molecule has 0 unspecified atom stereocenters. The molecule has 0 aliphatic heterocycles. The number of hydrogen-bond acceptors (Lipinski definition) is 2. The van der Waals surface area contributed by atoms with Gasteiger partial charge in [0.15, 0.2) is 0 Å². The zero-order chi connectivity index (χ0) is 6.69. The molecule has 50 valence electrons. The molecule has 1 aromatic heterocycles. The average Bonchev–Trinajstić information content (AvgIpc) is 2.18. The molecule has 0 radical (unpaired) electrons. The van der Waals surface area contributed by atoms with Crippen LogP contribution in [0.3, 0.4) is 0 Å². The highest BCUT2D eigenvalue weighted by molar-refractivity contribution is 5.13. The van der Waals surface area contributed by atoms with Gasteiger partial charge in [-0.1, -0.05) is 0 Å². The number of nitrogens with one attached hydrogen (secondary N) is 1. The van der Waals surface area contributed by atoms with Gasteiger partial charge in [0.1, 0.15) is 0 Å². The minimum absolute atomic E-state index is 0.172. The number of aromatic amines is 1. The normalized spacial score (nSPS) is 10.0. The first-order chi connectivity index (χ1) is 4.34. The molecule has 0 bridgehead atoms. The second-order valence-electron chi connectivity index (χ2n) is 1.99. The van der Waals surface area contributed by atoms with E-state index in [9.17, 15) is 0 Å². The van der Waals surface area contributed by atoms with Crippen molar-refractivity contribution in [2.24, 2.45) is 0 Å². The second-order valence-corrected chi connectivity index (χ2v) is 1.99. The largest absolute Gasteiger partial charge is 0.396 e. The summed E-state index contributed by atoms with van der Waals surface area (Å²) in [5.41, 5.74) is 2.07. The minimum atomic E-state index is 0.172. The molecule has 0 saturated heterocycles. The molecule has 9 heavy (non-hydrogen) atoms. The lowest BCUT2D eigenvalue weighted by atomic mass is 10.2. The molecule has 0 aliphatic rings. The highest BCUT2D eigenvalue weighted by atomic mass is 16.3. The summed E-state index contributed by atoms with van der Waals surface area (Å²) in [5, 5.41) is 15.2. The van der Waals surface area contributed by atoms with Crippen molar-refractivity contribution in [1.82, 2.24) is 10.2 Å². The molecule has 0 spiro atoms. The van der Waals surface area contributed by atoms with Crippen molar-refractivity contribution in [3.05, 3.63) is 17.5 Å². The highest BCUT2D eigenvalue weighted by Crippen LogP contribution is 2.00. The van der Waals surface area contributed by atoms with E-state index >= 15 is 0 Å². The zero-order valence-corrected chi connectivity index (χ0v) is 5.39. The number of rotatable bonds is 2. The fourth-order valence-electron chi connectivity index (χ4n) is 0.737. The molecule has 1 heterocycles. The Kier molecular flexibility index (Phi) is 1.85. The standard InChI is InChI=1S/C6H10N2O/c1-5-4-7-8-6(5)2-3-9/h4,9H,2-3H2,1H3,(H,7,8). The lowest BCUT2D eigenvalue weighted by Gasteiger charge is -1.89. The van der Waals surface area contributed by atoms with E-state index < -0.39 is 0 Å². The molecule has 3 heteroatoms. The first kappa shape index (κ1) is 6.29. The molecule has 0 atom stereocenters. The van der Waals surface area contributed by atoms with Gasteiger partial charge in [-0.25, -0.2) is 0 Å². The van der Waals surface area contributed by atoms with Crippen LogP contribution in [-0.4, -0.2) is 21.9 Å². The molecule has 0 saturated carbocycles. The topological polar surface area (TPSA) is 48.9 Å². The van der Waals surface area contributed by atoms with Crippen LogP contribution in [0.5, 0.6) is 0 Å². The lowest BCUT2D eigenvalue weighted by molar-refractivity contribution is 0.298. The summed E-state index contributed by atoms with van der Waals surface area (Å²) < 4.78 is 0. The summed E-state index contributed by atoms with van der Waals surface area (Å²) in [7, 11) is 0. The number of aliphatic hydroxyl groups is 1. The third-order valence-corrected chi connectivity index (χ3v) is 1.28. The summed E-state index contributed by atoms with van der Waals surface area (Å²) >= 11 is 0. The van der Waals surface area contributed by atoms with E-state index in [-0.39, 0.29) is 6.61 Å². The molecular weight excluding hydrogens is 116 g/mol. The van der Waals surface area contributed by atoms with Crippen LogP contribution in [0.2, 0.25) is 0 Å². The van der Waals surface area contributed by atoms with Crippen molar-refractivity contribution in [3.8, 4) is 0 Å². The first-order valence-electron chi connectivity index (χ1n) is 2.94. The van der Waals surface area contributed by atoms with Crippen molar-refractivity contribution in [2.45, 2.75) is 13.3 Å². The van der Waals surface area contributed by atoms with Crippen LogP contribution in [-0.2, 0) is 6.42 Å². The van der Waals surface area contributed by atoms with E-state index in [1.54, 1.807) is 0 Å². The number of hydrogen-bond donors (Lipinski definition) is 2. The Balaban J connectivity index is 2.69. The Bertz CT molecular complexity index is 183. The van der Waals surface area contributed by atoms with E-state index in [0.29, 0.717) is 6.42 Å². The summed E-state index contributed by atoms with van der Waals surface area (Å²) in [5.74, 6) is 0. The number of aromatic nitrogens is 2. The van der Waals surface area contributed by atoms with Gasteiger partial charge in [0.2, 0.25) is 0 Å². The molecule has 0 fully saturated rings. The van der Waals surface area contributed by atoms with Crippen molar-refractivity contribution in [3.63, 3.8) is 0 Å². The monoisotopic (exact) mass is 126 g/mol. The van der Waals surface area contributed by atoms with Crippen molar-refractivity contribution >= 4 is 0 Å². The van der Waals surface area contributed by atoms with Gasteiger partial charge in [0.05, 0.1) is 5.69 Å². The van der Waals surface area contributed by atoms with Crippen molar-refractivity contribution in [1.29, 1.82) is 0 Å². The SMILES string of the molecule is Cc1c[nH]nc1CCO. The van der Waals surface area contributed by atoms with Crippen LogP contribution in [0, 0.1) is 6.92 Å². The molecular formula is C6H10N2O. The minimum Gasteiger partial charge on any atom is -0.396 e. The van der Waals surface area contributed by atoms with Crippen molar-refractivity contribution in [2.75, 3.05) is 6.61 Å². The van der Waals surface area contributed by atoms with E-state index in [0.717, 1.165) is 11.3 Å². The van der Waals surface area contributed by atoms with Gasteiger partial charge < -0.3 is 5.11 Å². The third-order valence-electron chi connectivity index (χ3n) is 1.28. The Morgan fingerprint density at radius 1 is 1.78 bits per heavy atom. The van der Waals surface area contributed by atoms with Crippen LogP contribution in [0.25, 0.3) is 0 Å². The average molecular weight is 126 g/mol. The Labute approximate surface area is 53.7 Å².